The van der Waals surface area contributed by atoms with Crippen molar-refractivity contribution in [2.45, 2.75) is 61.7 Å². The predicted octanol–water partition coefficient (Wildman–Crippen LogP) is 8.74. The highest BCUT2D eigenvalue weighted by molar-refractivity contribution is 5.43. The first-order chi connectivity index (χ1) is 15.5. The van der Waals surface area contributed by atoms with Crippen molar-refractivity contribution < 1.29 is 79.0 Å². The second-order valence-electron chi connectivity index (χ2n) is 7.65. The summed E-state index contributed by atoms with van der Waals surface area (Å²) < 4.78 is 239. The molecule has 1 aromatic rings. The zero-order chi connectivity index (χ0) is 29.1. The fourth-order valence-corrected chi connectivity index (χ4v) is 2.63. The second-order valence-corrected chi connectivity index (χ2v) is 7.65. The van der Waals surface area contributed by atoms with E-state index in [1.807, 2.05) is 0 Å². The summed E-state index contributed by atoms with van der Waals surface area (Å²) >= 11 is 0. The van der Waals surface area contributed by atoms with Crippen molar-refractivity contribution in [3.05, 3.63) is 41.3 Å². The van der Waals surface area contributed by atoms with Crippen molar-refractivity contribution in [1.82, 2.24) is 0 Å². The van der Waals surface area contributed by atoms with Crippen LogP contribution in [0, 0.1) is 12.3 Å². The van der Waals surface area contributed by atoms with E-state index >= 15 is 0 Å². The Labute approximate surface area is 189 Å². The lowest BCUT2D eigenvalue weighted by Gasteiger charge is -2.36. The maximum atomic E-state index is 14.4. The second kappa shape index (κ2) is 8.77. The molecule has 0 aliphatic carbocycles. The van der Waals surface area contributed by atoms with Crippen molar-refractivity contribution in [3.63, 3.8) is 0 Å². The average molecular weight is 569 g/mol. The Morgan fingerprint density at radius 2 is 0.889 bits per heavy atom. The van der Waals surface area contributed by atoms with Crippen molar-refractivity contribution >= 4 is 0 Å². The molecular weight excluding hydrogens is 558 g/mol. The van der Waals surface area contributed by atoms with Gasteiger partial charge in [-0.25, -0.2) is 0 Å². The fraction of sp³-hybridized carbons (Fsp3) is 0.611. The highest BCUT2D eigenvalue weighted by Gasteiger charge is 2.83. The van der Waals surface area contributed by atoms with Gasteiger partial charge in [0, 0.05) is 11.1 Å². The van der Waals surface area contributed by atoms with E-state index in [9.17, 15) is 79.0 Å². The number of hydrogen-bond acceptors (Lipinski definition) is 0. The van der Waals surface area contributed by atoms with Crippen LogP contribution in [-0.2, 0) is 11.8 Å². The van der Waals surface area contributed by atoms with Gasteiger partial charge in [-0.05, 0) is 24.0 Å². The zero-order valence-electron chi connectivity index (χ0n) is 17.2. The summed E-state index contributed by atoms with van der Waals surface area (Å²) in [6, 6.07) is -2.01. The predicted molar refractivity (Wildman–Crippen MR) is 84.4 cm³/mol. The Bertz CT molecular complexity index is 934. The monoisotopic (exact) mass is 569 g/mol. The van der Waals surface area contributed by atoms with Crippen molar-refractivity contribution in [3.8, 4) is 0 Å². The average Bonchev–Trinajstić information content (AvgIpc) is 2.65. The molecule has 209 valence electrons. The molecule has 0 nitrogen and oxygen atoms in total. The van der Waals surface area contributed by atoms with Gasteiger partial charge in [0.2, 0.25) is 0 Å². The normalized spacial score (nSPS) is 15.6. The molecule has 0 saturated heterocycles. The SMILES string of the molecule is CC(C)[CH]c1ccc(C(F)(F)C(F)(F)C(F)(F)C(F)(F)F)cc1C(F)(F)C(F)(F)C(F)(F)C(F)(F)F. The molecule has 0 aliphatic rings. The maximum absolute atomic E-state index is 14.4. The van der Waals surface area contributed by atoms with E-state index in [1.165, 1.54) is 0 Å². The fourth-order valence-electron chi connectivity index (χ4n) is 2.63. The third-order valence-corrected chi connectivity index (χ3v) is 4.56. The smallest absolute Gasteiger partial charge is 0.194 e. The molecule has 18 heteroatoms. The third-order valence-electron chi connectivity index (χ3n) is 4.56. The van der Waals surface area contributed by atoms with Gasteiger partial charge in [-0.15, -0.1) is 0 Å². The summed E-state index contributed by atoms with van der Waals surface area (Å²) in [5.74, 6) is -44.8. The minimum absolute atomic E-state index is 0.254. The van der Waals surface area contributed by atoms with E-state index in [2.05, 4.69) is 0 Å². The van der Waals surface area contributed by atoms with Gasteiger partial charge in [-0.1, -0.05) is 26.0 Å². The molecule has 0 unspecified atom stereocenters. The van der Waals surface area contributed by atoms with Gasteiger partial charge in [0.05, 0.1) is 0 Å². The van der Waals surface area contributed by atoms with E-state index in [0.29, 0.717) is 6.42 Å². The first-order valence-corrected chi connectivity index (χ1v) is 8.92. The summed E-state index contributed by atoms with van der Waals surface area (Å²) in [6.45, 7) is 2.09. The van der Waals surface area contributed by atoms with Crippen molar-refractivity contribution in [2.75, 3.05) is 0 Å². The standard InChI is InChI=1S/C18H11F18/c1-7(2)5-8-3-4-9(11(19,20)13(23,24)15(27,28)17(31,32)33)6-10(8)12(21,22)14(25,26)16(29,30)18(34,35)36/h3-7H,1-2H3. The van der Waals surface area contributed by atoms with Gasteiger partial charge in [-0.2, -0.15) is 79.0 Å². The molecule has 0 aliphatic heterocycles. The molecule has 0 aromatic heterocycles. The summed E-state index contributed by atoms with van der Waals surface area (Å²) in [5, 5.41) is 0. The molecule has 0 amide bonds. The highest BCUT2D eigenvalue weighted by Crippen LogP contribution is 2.59. The number of rotatable bonds is 8. The Kier molecular flexibility index (Phi) is 7.79. The summed E-state index contributed by atoms with van der Waals surface area (Å²) in [7, 11) is 0. The quantitative estimate of drug-likeness (QED) is 0.275. The van der Waals surface area contributed by atoms with Crippen LogP contribution in [0.4, 0.5) is 79.0 Å². The van der Waals surface area contributed by atoms with Crippen LogP contribution in [0.25, 0.3) is 0 Å². The van der Waals surface area contributed by atoms with Crippen LogP contribution in [0.15, 0.2) is 18.2 Å². The summed E-state index contributed by atoms with van der Waals surface area (Å²) in [5.41, 5.74) is -7.37. The topological polar surface area (TPSA) is 0 Å². The summed E-state index contributed by atoms with van der Waals surface area (Å²) in [4.78, 5) is 0. The minimum atomic E-state index is -7.57. The molecule has 1 aromatic carbocycles. The molecule has 36 heavy (non-hydrogen) atoms. The lowest BCUT2D eigenvalue weighted by Crippen LogP contribution is -2.60. The largest absolute Gasteiger partial charge is 0.460 e. The van der Waals surface area contributed by atoms with Crippen molar-refractivity contribution in [2.24, 2.45) is 5.92 Å². The molecule has 0 saturated carbocycles. The Hall–Kier alpha value is -2.04. The molecule has 0 spiro atoms. The molecule has 1 rings (SSSR count). The van der Waals surface area contributed by atoms with E-state index in [0.717, 1.165) is 13.8 Å². The number of benzene rings is 1. The molecule has 0 fully saturated rings. The van der Waals surface area contributed by atoms with E-state index in [4.69, 9.17) is 0 Å². The van der Waals surface area contributed by atoms with Crippen LogP contribution in [0.2, 0.25) is 0 Å². The first kappa shape index (κ1) is 32.0. The molecule has 0 heterocycles. The molecule has 0 atom stereocenters. The van der Waals surface area contributed by atoms with Gasteiger partial charge in [-0.3, -0.25) is 0 Å². The number of hydrogen-bond donors (Lipinski definition) is 0. The maximum Gasteiger partial charge on any atom is 0.460 e. The van der Waals surface area contributed by atoms with Crippen LogP contribution < -0.4 is 0 Å². The highest BCUT2D eigenvalue weighted by atomic mass is 19.4. The lowest BCUT2D eigenvalue weighted by atomic mass is 9.86. The van der Waals surface area contributed by atoms with Gasteiger partial charge in [0.1, 0.15) is 0 Å². The van der Waals surface area contributed by atoms with Crippen LogP contribution in [0.3, 0.4) is 0 Å². The Morgan fingerprint density at radius 1 is 0.528 bits per heavy atom. The molecule has 1 radical (unpaired) electrons. The lowest BCUT2D eigenvalue weighted by molar-refractivity contribution is -0.400. The summed E-state index contributed by atoms with van der Waals surface area (Å²) in [6.07, 6.45) is -14.4. The van der Waals surface area contributed by atoms with Gasteiger partial charge < -0.3 is 0 Å². The van der Waals surface area contributed by atoms with E-state index < -0.39 is 82.6 Å². The van der Waals surface area contributed by atoms with Gasteiger partial charge in [0.15, 0.2) is 0 Å². The minimum Gasteiger partial charge on any atom is -0.194 e. The van der Waals surface area contributed by atoms with Crippen LogP contribution in [-0.4, -0.2) is 36.0 Å². The van der Waals surface area contributed by atoms with E-state index in [1.54, 1.807) is 0 Å². The van der Waals surface area contributed by atoms with E-state index in [-0.39, 0.29) is 6.07 Å². The van der Waals surface area contributed by atoms with Gasteiger partial charge in [0.25, 0.3) is 0 Å². The number of alkyl halides is 18. The van der Waals surface area contributed by atoms with Crippen LogP contribution in [0.5, 0.6) is 0 Å². The molecule has 0 bridgehead atoms. The Balaban J connectivity index is 3.97. The van der Waals surface area contributed by atoms with Crippen LogP contribution in [0.1, 0.15) is 30.5 Å². The third kappa shape index (κ3) is 4.67. The number of halogens is 18. The molecular formula is C18H11F18. The Morgan fingerprint density at radius 3 is 1.22 bits per heavy atom. The first-order valence-electron chi connectivity index (χ1n) is 8.92. The zero-order valence-corrected chi connectivity index (χ0v) is 17.2. The molecule has 0 N–H and O–H groups in total. The van der Waals surface area contributed by atoms with Gasteiger partial charge >= 0.3 is 47.9 Å². The van der Waals surface area contributed by atoms with Crippen molar-refractivity contribution in [1.29, 1.82) is 0 Å². The van der Waals surface area contributed by atoms with Crippen LogP contribution >= 0.6 is 0 Å².